The van der Waals surface area contributed by atoms with E-state index in [0.29, 0.717) is 50.4 Å². The van der Waals surface area contributed by atoms with E-state index in [-0.39, 0.29) is 0 Å². The van der Waals surface area contributed by atoms with Crippen molar-refractivity contribution in [2.45, 2.75) is 0 Å². The van der Waals surface area contributed by atoms with Gasteiger partial charge >= 0.3 is 0 Å². The molecule has 7 aromatic carbocycles. The Bertz CT molecular complexity index is 2500. The fraction of sp³-hybridized carbons (Fsp3) is 0. The van der Waals surface area contributed by atoms with Gasteiger partial charge in [0.15, 0.2) is 5.58 Å². The van der Waals surface area contributed by atoms with Gasteiger partial charge in [-0.25, -0.2) is 17.6 Å². The minimum absolute atomic E-state index is 0.376. The van der Waals surface area contributed by atoms with Crippen molar-refractivity contribution < 1.29 is 22.0 Å². The summed E-state index contributed by atoms with van der Waals surface area (Å²) in [6.45, 7) is 0. The van der Waals surface area contributed by atoms with Gasteiger partial charge < -0.3 is 9.32 Å². The summed E-state index contributed by atoms with van der Waals surface area (Å²) in [5.41, 5.74) is 7.47. The molecule has 0 aliphatic heterocycles. The molecule has 0 radical (unpaired) electrons. The van der Waals surface area contributed by atoms with Crippen LogP contribution in [0.5, 0.6) is 0 Å². The van der Waals surface area contributed by atoms with E-state index in [1.807, 2.05) is 83.8 Å². The molecular formula is C43H24F4N2O. The third-order valence-electron chi connectivity index (χ3n) is 8.66. The number of benzene rings is 7. The SMILES string of the molecule is N#Cc1cccc2c1oc1cc(-c3cccc(N(c4cccc(-c5cc(F)cc(F)c5)c4)c4cccc(-c5cc(F)cc(F)c5)c4)c3)ccc12. The van der Waals surface area contributed by atoms with Crippen LogP contribution in [0.15, 0.2) is 150 Å². The lowest BCUT2D eigenvalue weighted by Gasteiger charge is -2.27. The van der Waals surface area contributed by atoms with Crippen LogP contribution in [0.4, 0.5) is 34.6 Å². The third-order valence-corrected chi connectivity index (χ3v) is 8.66. The van der Waals surface area contributed by atoms with Gasteiger partial charge in [-0.1, -0.05) is 54.6 Å². The fourth-order valence-electron chi connectivity index (χ4n) is 6.43. The lowest BCUT2D eigenvalue weighted by molar-refractivity contribution is 0.583. The van der Waals surface area contributed by atoms with Crippen molar-refractivity contribution in [3.8, 4) is 39.4 Å². The van der Waals surface area contributed by atoms with E-state index in [1.165, 1.54) is 24.3 Å². The number of nitriles is 1. The monoisotopic (exact) mass is 660 g/mol. The molecule has 0 aliphatic carbocycles. The molecule has 0 amide bonds. The number of hydrogen-bond donors (Lipinski definition) is 0. The highest BCUT2D eigenvalue weighted by atomic mass is 19.1. The molecule has 0 unspecified atom stereocenters. The maximum absolute atomic E-state index is 14.2. The van der Waals surface area contributed by atoms with E-state index in [1.54, 1.807) is 30.3 Å². The Kier molecular flexibility index (Phi) is 7.62. The van der Waals surface area contributed by atoms with E-state index in [9.17, 15) is 22.8 Å². The first-order valence-corrected chi connectivity index (χ1v) is 15.7. The molecule has 8 aromatic rings. The molecule has 0 saturated heterocycles. The smallest absolute Gasteiger partial charge is 0.153 e. The highest BCUT2D eigenvalue weighted by molar-refractivity contribution is 6.07. The van der Waals surface area contributed by atoms with Gasteiger partial charge in [0.25, 0.3) is 0 Å². The molecule has 240 valence electrons. The Labute approximate surface area is 284 Å². The molecule has 0 fully saturated rings. The van der Waals surface area contributed by atoms with Crippen molar-refractivity contribution in [1.82, 2.24) is 0 Å². The van der Waals surface area contributed by atoms with Gasteiger partial charge in [-0.05, 0) is 112 Å². The van der Waals surface area contributed by atoms with E-state index >= 15 is 0 Å². The summed E-state index contributed by atoms with van der Waals surface area (Å²) in [7, 11) is 0. The number of furan rings is 1. The second kappa shape index (κ2) is 12.4. The summed E-state index contributed by atoms with van der Waals surface area (Å²) in [5, 5.41) is 11.4. The largest absolute Gasteiger partial charge is 0.455 e. The molecule has 0 spiro atoms. The number of halogens is 4. The van der Waals surface area contributed by atoms with Crippen LogP contribution in [0.25, 0.3) is 55.3 Å². The minimum Gasteiger partial charge on any atom is -0.455 e. The van der Waals surface area contributed by atoms with Crippen molar-refractivity contribution in [2.75, 3.05) is 4.90 Å². The first-order chi connectivity index (χ1) is 24.3. The highest BCUT2D eigenvalue weighted by Crippen LogP contribution is 2.41. The van der Waals surface area contributed by atoms with Crippen LogP contribution in [0.2, 0.25) is 0 Å². The standard InChI is InChI=1S/C43H24F4N2O/c44-33-15-31(16-34(45)23-33)27-6-2-10-38(20-27)49(39-11-3-7-28(21-39)32-17-35(46)24-36(47)18-32)37-9-1-5-26(19-37)29-13-14-40-41-12-4-8-30(25-48)43(41)50-42(40)22-29/h1-24H. The van der Waals surface area contributed by atoms with Crippen LogP contribution >= 0.6 is 0 Å². The molecule has 3 nitrogen and oxygen atoms in total. The van der Waals surface area contributed by atoms with Crippen LogP contribution in [0, 0.1) is 34.6 Å². The van der Waals surface area contributed by atoms with Crippen LogP contribution in [-0.4, -0.2) is 0 Å². The Morgan fingerprint density at radius 3 is 1.40 bits per heavy atom. The summed E-state index contributed by atoms with van der Waals surface area (Å²) in [6.07, 6.45) is 0. The Hall–Kier alpha value is -6.65. The fourth-order valence-corrected chi connectivity index (χ4v) is 6.43. The van der Waals surface area contributed by atoms with Gasteiger partial charge in [-0.2, -0.15) is 5.26 Å². The maximum Gasteiger partial charge on any atom is 0.153 e. The Morgan fingerprint density at radius 2 is 0.900 bits per heavy atom. The van der Waals surface area contributed by atoms with E-state index < -0.39 is 23.3 Å². The van der Waals surface area contributed by atoms with Gasteiger partial charge in [0.2, 0.25) is 0 Å². The first-order valence-electron chi connectivity index (χ1n) is 15.7. The summed E-state index contributed by atoms with van der Waals surface area (Å²) in [6, 6.07) is 42.8. The minimum atomic E-state index is -0.685. The molecule has 7 heteroatoms. The zero-order valence-corrected chi connectivity index (χ0v) is 26.2. The lowest BCUT2D eigenvalue weighted by atomic mass is 10.0. The second-order valence-electron chi connectivity index (χ2n) is 11.9. The molecule has 0 N–H and O–H groups in total. The average Bonchev–Trinajstić information content (AvgIpc) is 3.50. The van der Waals surface area contributed by atoms with Gasteiger partial charge in [-0.15, -0.1) is 0 Å². The number of nitrogens with zero attached hydrogens (tertiary/aromatic N) is 2. The number of anilines is 3. The maximum atomic E-state index is 14.2. The number of hydrogen-bond acceptors (Lipinski definition) is 3. The van der Waals surface area contributed by atoms with Gasteiger partial charge in [0.1, 0.15) is 34.9 Å². The first kappa shape index (κ1) is 30.7. The summed E-state index contributed by atoms with van der Waals surface area (Å²) < 4.78 is 63.1. The zero-order chi connectivity index (χ0) is 34.4. The van der Waals surface area contributed by atoms with Crippen LogP contribution < -0.4 is 4.90 Å². The molecule has 1 aromatic heterocycles. The third kappa shape index (κ3) is 5.73. The highest BCUT2D eigenvalue weighted by Gasteiger charge is 2.17. The molecule has 0 bridgehead atoms. The predicted molar refractivity (Wildman–Crippen MR) is 189 cm³/mol. The molecule has 0 atom stereocenters. The zero-order valence-electron chi connectivity index (χ0n) is 26.2. The molecule has 8 rings (SSSR count). The predicted octanol–water partition coefficient (Wildman–Crippen LogP) is 12.5. The van der Waals surface area contributed by atoms with Crippen LogP contribution in [0.1, 0.15) is 5.56 Å². The van der Waals surface area contributed by atoms with Gasteiger partial charge in [0.05, 0.1) is 5.56 Å². The second-order valence-corrected chi connectivity index (χ2v) is 11.9. The van der Waals surface area contributed by atoms with Crippen molar-refractivity contribution in [3.05, 3.63) is 174 Å². The molecule has 0 aliphatic rings. The van der Waals surface area contributed by atoms with Gasteiger partial charge in [0, 0.05) is 40.0 Å². The van der Waals surface area contributed by atoms with Crippen LogP contribution in [0.3, 0.4) is 0 Å². The molecular weight excluding hydrogens is 636 g/mol. The molecule has 0 saturated carbocycles. The van der Waals surface area contributed by atoms with E-state index in [0.717, 1.165) is 39.7 Å². The quantitative estimate of drug-likeness (QED) is 0.167. The molecule has 1 heterocycles. The van der Waals surface area contributed by atoms with Crippen molar-refractivity contribution >= 4 is 39.0 Å². The topological polar surface area (TPSA) is 40.2 Å². The Balaban J connectivity index is 1.28. The van der Waals surface area contributed by atoms with Gasteiger partial charge in [-0.3, -0.25) is 0 Å². The Morgan fingerprint density at radius 1 is 0.440 bits per heavy atom. The van der Waals surface area contributed by atoms with Crippen LogP contribution in [-0.2, 0) is 0 Å². The lowest BCUT2D eigenvalue weighted by Crippen LogP contribution is -2.10. The number of para-hydroxylation sites is 1. The van der Waals surface area contributed by atoms with E-state index in [4.69, 9.17) is 4.42 Å². The van der Waals surface area contributed by atoms with E-state index in [2.05, 4.69) is 6.07 Å². The number of fused-ring (bicyclic) bond motifs is 3. The normalized spacial score (nSPS) is 11.2. The van der Waals surface area contributed by atoms with Crippen molar-refractivity contribution in [2.24, 2.45) is 0 Å². The average molecular weight is 661 g/mol. The van der Waals surface area contributed by atoms with Crippen molar-refractivity contribution in [1.29, 1.82) is 5.26 Å². The molecule has 50 heavy (non-hydrogen) atoms. The van der Waals surface area contributed by atoms with Crippen molar-refractivity contribution in [3.63, 3.8) is 0 Å². The number of rotatable bonds is 6. The summed E-state index contributed by atoms with van der Waals surface area (Å²) >= 11 is 0. The summed E-state index contributed by atoms with van der Waals surface area (Å²) in [5.74, 6) is -2.74. The summed E-state index contributed by atoms with van der Waals surface area (Å²) in [4.78, 5) is 1.97.